The Bertz CT molecular complexity index is 493. The van der Waals surface area contributed by atoms with E-state index in [0.717, 1.165) is 29.3 Å². The van der Waals surface area contributed by atoms with Gasteiger partial charge >= 0.3 is 0 Å². The van der Waals surface area contributed by atoms with Gasteiger partial charge in [0.2, 0.25) is 0 Å². The fourth-order valence-corrected chi connectivity index (χ4v) is 2.49. The van der Waals surface area contributed by atoms with Gasteiger partial charge in [-0.2, -0.15) is 0 Å². The van der Waals surface area contributed by atoms with Crippen LogP contribution in [0.5, 0.6) is 5.75 Å². The van der Waals surface area contributed by atoms with Crippen molar-refractivity contribution in [3.05, 3.63) is 45.9 Å². The minimum absolute atomic E-state index is 0.0250. The number of aryl methyl sites for hydroxylation is 2. The van der Waals surface area contributed by atoms with E-state index in [0.29, 0.717) is 0 Å². The second-order valence-corrected chi connectivity index (χ2v) is 5.35. The molecule has 96 valence electrons. The molecule has 0 saturated carbocycles. The molecule has 0 aliphatic heterocycles. The first-order valence-electron chi connectivity index (χ1n) is 5.99. The van der Waals surface area contributed by atoms with Crippen LogP contribution in [0.15, 0.2) is 29.6 Å². The predicted molar refractivity (Wildman–Crippen MR) is 75.1 cm³/mol. The lowest BCUT2D eigenvalue weighted by atomic mass is 10.0. The Morgan fingerprint density at radius 1 is 1.33 bits per heavy atom. The number of thiazole rings is 1. The summed E-state index contributed by atoms with van der Waals surface area (Å²) in [5.41, 5.74) is 8.41. The molecule has 2 N–H and O–H groups in total. The number of hydrogen-bond donors (Lipinski definition) is 1. The number of ether oxygens (including phenoxy) is 1. The molecule has 1 unspecified atom stereocenters. The van der Waals surface area contributed by atoms with Gasteiger partial charge in [-0.25, -0.2) is 4.98 Å². The lowest BCUT2D eigenvalue weighted by Crippen LogP contribution is -2.11. The molecule has 3 nitrogen and oxygen atoms in total. The molecule has 2 rings (SSSR count). The summed E-state index contributed by atoms with van der Waals surface area (Å²) in [6.07, 6.45) is 1.87. The molecule has 1 aromatic heterocycles. The Balaban J connectivity index is 1.90. The smallest absolute Gasteiger partial charge is 0.118 e. The van der Waals surface area contributed by atoms with Gasteiger partial charge in [-0.3, -0.25) is 0 Å². The van der Waals surface area contributed by atoms with E-state index in [-0.39, 0.29) is 6.04 Å². The zero-order valence-electron chi connectivity index (χ0n) is 10.7. The van der Waals surface area contributed by atoms with Gasteiger partial charge in [-0.05, 0) is 37.5 Å². The number of benzene rings is 1. The quantitative estimate of drug-likeness (QED) is 0.900. The number of nitrogens with two attached hydrogens (primary N) is 1. The normalized spacial score (nSPS) is 12.4. The molecule has 2 aromatic rings. The fourth-order valence-electron chi connectivity index (χ4n) is 1.81. The lowest BCUT2D eigenvalue weighted by molar-refractivity contribution is 0.414. The minimum Gasteiger partial charge on any atom is -0.497 e. The van der Waals surface area contributed by atoms with E-state index in [2.05, 4.69) is 17.1 Å². The van der Waals surface area contributed by atoms with Gasteiger partial charge < -0.3 is 10.5 Å². The SMILES string of the molecule is COc1ccc(CCC(N)c2csc(C)n2)cc1. The maximum absolute atomic E-state index is 6.13. The third-order valence-corrected chi connectivity index (χ3v) is 3.71. The van der Waals surface area contributed by atoms with Crippen molar-refractivity contribution in [1.82, 2.24) is 4.98 Å². The van der Waals surface area contributed by atoms with Crippen LogP contribution >= 0.6 is 11.3 Å². The van der Waals surface area contributed by atoms with Crippen LogP contribution in [-0.4, -0.2) is 12.1 Å². The fraction of sp³-hybridized carbons (Fsp3) is 0.357. The number of methoxy groups -OCH3 is 1. The van der Waals surface area contributed by atoms with Gasteiger partial charge in [0, 0.05) is 11.4 Å². The highest BCUT2D eigenvalue weighted by Crippen LogP contribution is 2.20. The van der Waals surface area contributed by atoms with Crippen LogP contribution in [0, 0.1) is 6.92 Å². The van der Waals surface area contributed by atoms with Gasteiger partial charge in [0.25, 0.3) is 0 Å². The van der Waals surface area contributed by atoms with Gasteiger partial charge in [0.05, 0.1) is 17.8 Å². The summed E-state index contributed by atoms with van der Waals surface area (Å²) in [6, 6.07) is 8.15. The van der Waals surface area contributed by atoms with Crippen LogP contribution in [0.2, 0.25) is 0 Å². The van der Waals surface area contributed by atoms with E-state index in [4.69, 9.17) is 10.5 Å². The molecule has 0 bridgehead atoms. The van der Waals surface area contributed by atoms with E-state index < -0.39 is 0 Å². The second-order valence-electron chi connectivity index (χ2n) is 4.28. The predicted octanol–water partition coefficient (Wildman–Crippen LogP) is 3.09. The molecule has 1 heterocycles. The number of nitrogens with zero attached hydrogens (tertiary/aromatic N) is 1. The van der Waals surface area contributed by atoms with Crippen molar-refractivity contribution in [2.24, 2.45) is 5.73 Å². The number of rotatable bonds is 5. The standard InChI is InChI=1S/C14H18N2OS/c1-10-16-14(9-18-10)13(15)8-5-11-3-6-12(17-2)7-4-11/h3-4,6-7,9,13H,5,8,15H2,1-2H3. The van der Waals surface area contributed by atoms with Crippen LogP contribution < -0.4 is 10.5 Å². The average Bonchev–Trinajstić information content (AvgIpc) is 2.83. The summed E-state index contributed by atoms with van der Waals surface area (Å²) in [4.78, 5) is 4.42. The zero-order chi connectivity index (χ0) is 13.0. The number of hydrogen-bond acceptors (Lipinski definition) is 4. The van der Waals surface area contributed by atoms with Crippen LogP contribution in [0.4, 0.5) is 0 Å². The van der Waals surface area contributed by atoms with Gasteiger partial charge in [0.15, 0.2) is 0 Å². The largest absolute Gasteiger partial charge is 0.497 e. The van der Waals surface area contributed by atoms with Crippen molar-refractivity contribution >= 4 is 11.3 Å². The molecule has 0 aliphatic rings. The van der Waals surface area contributed by atoms with Crippen LogP contribution in [0.1, 0.15) is 28.7 Å². The first-order chi connectivity index (χ1) is 8.69. The Morgan fingerprint density at radius 3 is 2.61 bits per heavy atom. The summed E-state index contributed by atoms with van der Waals surface area (Å²) in [6.45, 7) is 2.00. The monoisotopic (exact) mass is 262 g/mol. The summed E-state index contributed by atoms with van der Waals surface area (Å²) in [5.74, 6) is 0.887. The first-order valence-corrected chi connectivity index (χ1v) is 6.87. The molecule has 0 spiro atoms. The molecule has 0 radical (unpaired) electrons. The minimum atomic E-state index is 0.0250. The maximum Gasteiger partial charge on any atom is 0.118 e. The van der Waals surface area contributed by atoms with Gasteiger partial charge in [-0.15, -0.1) is 11.3 Å². The number of aromatic nitrogens is 1. The van der Waals surface area contributed by atoms with Crippen molar-refractivity contribution in [3.63, 3.8) is 0 Å². The zero-order valence-corrected chi connectivity index (χ0v) is 11.5. The highest BCUT2D eigenvalue weighted by atomic mass is 32.1. The third-order valence-electron chi connectivity index (χ3n) is 2.92. The first kappa shape index (κ1) is 13.1. The van der Waals surface area contributed by atoms with Crippen molar-refractivity contribution in [1.29, 1.82) is 0 Å². The Morgan fingerprint density at radius 2 is 2.06 bits per heavy atom. The molecule has 0 saturated heterocycles. The molecule has 18 heavy (non-hydrogen) atoms. The van der Waals surface area contributed by atoms with Crippen LogP contribution in [0.25, 0.3) is 0 Å². The summed E-state index contributed by atoms with van der Waals surface area (Å²) in [5, 5.41) is 3.12. The second kappa shape index (κ2) is 5.98. The molecule has 0 amide bonds. The Hall–Kier alpha value is -1.39. The Kier molecular flexibility index (Phi) is 4.33. The molecular formula is C14H18N2OS. The highest BCUT2D eigenvalue weighted by molar-refractivity contribution is 7.09. The maximum atomic E-state index is 6.13. The van der Waals surface area contributed by atoms with Crippen molar-refractivity contribution in [2.45, 2.75) is 25.8 Å². The van der Waals surface area contributed by atoms with E-state index in [9.17, 15) is 0 Å². The topological polar surface area (TPSA) is 48.1 Å². The van der Waals surface area contributed by atoms with Crippen molar-refractivity contribution in [2.75, 3.05) is 7.11 Å². The molecule has 1 atom stereocenters. The van der Waals surface area contributed by atoms with Gasteiger partial charge in [0.1, 0.15) is 5.75 Å². The van der Waals surface area contributed by atoms with E-state index in [1.165, 1.54) is 5.56 Å². The average molecular weight is 262 g/mol. The van der Waals surface area contributed by atoms with Crippen LogP contribution in [0.3, 0.4) is 0 Å². The molecule has 0 aliphatic carbocycles. The summed E-state index contributed by atoms with van der Waals surface area (Å²) in [7, 11) is 1.68. The lowest BCUT2D eigenvalue weighted by Gasteiger charge is -2.09. The molecule has 0 fully saturated rings. The Labute approximate surface area is 112 Å². The van der Waals surface area contributed by atoms with E-state index >= 15 is 0 Å². The highest BCUT2D eigenvalue weighted by Gasteiger charge is 2.09. The van der Waals surface area contributed by atoms with E-state index in [1.807, 2.05) is 24.4 Å². The third kappa shape index (κ3) is 3.31. The summed E-state index contributed by atoms with van der Waals surface area (Å²) < 4.78 is 5.13. The van der Waals surface area contributed by atoms with E-state index in [1.54, 1.807) is 18.4 Å². The summed E-state index contributed by atoms with van der Waals surface area (Å²) >= 11 is 1.65. The van der Waals surface area contributed by atoms with Crippen molar-refractivity contribution in [3.8, 4) is 5.75 Å². The van der Waals surface area contributed by atoms with Crippen molar-refractivity contribution < 1.29 is 4.74 Å². The van der Waals surface area contributed by atoms with Crippen LogP contribution in [-0.2, 0) is 6.42 Å². The van der Waals surface area contributed by atoms with Gasteiger partial charge in [-0.1, -0.05) is 12.1 Å². The molecule has 4 heteroatoms. The molecule has 1 aromatic carbocycles. The molecular weight excluding hydrogens is 244 g/mol.